The third kappa shape index (κ3) is 3.45. The second kappa shape index (κ2) is 7.25. The zero-order chi connectivity index (χ0) is 20.7. The van der Waals surface area contributed by atoms with Crippen molar-refractivity contribution < 1.29 is 13.2 Å². The molecule has 2 N–H and O–H groups in total. The highest BCUT2D eigenvalue weighted by molar-refractivity contribution is 7.92. The summed E-state index contributed by atoms with van der Waals surface area (Å²) in [5, 5.41) is 3.14. The average Bonchev–Trinajstić information content (AvgIpc) is 3.47. The van der Waals surface area contributed by atoms with Crippen molar-refractivity contribution in [2.75, 3.05) is 4.72 Å². The first-order valence-corrected chi connectivity index (χ1v) is 11.4. The molecule has 0 spiro atoms. The molecule has 5 rings (SSSR count). The van der Waals surface area contributed by atoms with Gasteiger partial charge in [0.25, 0.3) is 15.9 Å². The molecule has 30 heavy (non-hydrogen) atoms. The van der Waals surface area contributed by atoms with Gasteiger partial charge in [-0.25, -0.2) is 8.42 Å². The SMILES string of the molecule is O=C(N[C@@H]1[C@H]2CCc3ccccc3[C@H]21)c1ccc(S(=O)(=O)Nc2ccncc2)cc1. The molecule has 0 bridgehead atoms. The zero-order valence-electron chi connectivity index (χ0n) is 16.2. The van der Waals surface area contributed by atoms with Crippen LogP contribution in [0.15, 0.2) is 78.0 Å². The van der Waals surface area contributed by atoms with Crippen LogP contribution < -0.4 is 10.0 Å². The Morgan fingerprint density at radius 1 is 0.967 bits per heavy atom. The maximum Gasteiger partial charge on any atom is 0.261 e. The summed E-state index contributed by atoms with van der Waals surface area (Å²) in [4.78, 5) is 16.7. The summed E-state index contributed by atoms with van der Waals surface area (Å²) in [6.45, 7) is 0. The third-order valence-corrected chi connectivity index (χ3v) is 7.38. The predicted octanol–water partition coefficient (Wildman–Crippen LogP) is 3.34. The minimum Gasteiger partial charge on any atom is -0.348 e. The number of nitrogens with zero attached hydrogens (tertiary/aromatic N) is 1. The van der Waals surface area contributed by atoms with Crippen molar-refractivity contribution in [2.24, 2.45) is 5.92 Å². The molecule has 3 aromatic rings. The Bertz CT molecular complexity index is 1190. The van der Waals surface area contributed by atoms with E-state index < -0.39 is 10.0 Å². The molecule has 3 atom stereocenters. The molecule has 2 aromatic carbocycles. The number of carbonyl (C=O) groups is 1. The van der Waals surface area contributed by atoms with E-state index in [2.05, 4.69) is 39.3 Å². The van der Waals surface area contributed by atoms with Gasteiger partial charge in [-0.15, -0.1) is 0 Å². The summed E-state index contributed by atoms with van der Waals surface area (Å²) in [7, 11) is -3.73. The standard InChI is InChI=1S/C23H21N3O3S/c27-23(25-22-20-10-7-15-3-1-2-4-19(15)21(20)22)16-5-8-18(9-6-16)30(28,29)26-17-11-13-24-14-12-17/h1-6,8-9,11-14,20-22H,7,10H2,(H,24,26)(H,25,27)/t20-,21+,22+/m0/s1. The maximum atomic E-state index is 12.7. The Balaban J connectivity index is 1.27. The van der Waals surface area contributed by atoms with Crippen molar-refractivity contribution in [1.82, 2.24) is 10.3 Å². The van der Waals surface area contributed by atoms with Crippen LogP contribution in [0.1, 0.15) is 33.8 Å². The van der Waals surface area contributed by atoms with Crippen LogP contribution in [0.4, 0.5) is 5.69 Å². The first-order chi connectivity index (χ1) is 14.5. The number of aryl methyl sites for hydroxylation is 1. The summed E-state index contributed by atoms with van der Waals surface area (Å²) < 4.78 is 27.6. The van der Waals surface area contributed by atoms with Crippen LogP contribution >= 0.6 is 0 Å². The highest BCUT2D eigenvalue weighted by Crippen LogP contribution is 2.54. The van der Waals surface area contributed by atoms with E-state index in [-0.39, 0.29) is 16.8 Å². The number of benzene rings is 2. The number of hydrogen-bond acceptors (Lipinski definition) is 4. The predicted molar refractivity (Wildman–Crippen MR) is 114 cm³/mol. The highest BCUT2D eigenvalue weighted by atomic mass is 32.2. The van der Waals surface area contributed by atoms with E-state index in [9.17, 15) is 13.2 Å². The van der Waals surface area contributed by atoms with E-state index in [4.69, 9.17) is 0 Å². The largest absolute Gasteiger partial charge is 0.348 e. The minimum absolute atomic E-state index is 0.102. The van der Waals surface area contributed by atoms with Crippen molar-refractivity contribution >= 4 is 21.6 Å². The molecule has 1 heterocycles. The number of aromatic nitrogens is 1. The van der Waals surface area contributed by atoms with E-state index in [1.54, 1.807) is 24.3 Å². The van der Waals surface area contributed by atoms with Crippen LogP contribution in [0.3, 0.4) is 0 Å². The van der Waals surface area contributed by atoms with Crippen molar-refractivity contribution in [2.45, 2.75) is 29.7 Å². The molecule has 2 aliphatic rings. The second-order valence-corrected chi connectivity index (χ2v) is 9.47. The fourth-order valence-electron chi connectivity index (χ4n) is 4.42. The molecule has 1 amide bonds. The van der Waals surface area contributed by atoms with E-state index >= 15 is 0 Å². The van der Waals surface area contributed by atoms with Crippen LogP contribution in [0.5, 0.6) is 0 Å². The lowest BCUT2D eigenvalue weighted by Crippen LogP contribution is -2.27. The fraction of sp³-hybridized carbons (Fsp3) is 0.217. The van der Waals surface area contributed by atoms with Gasteiger partial charge in [0.05, 0.1) is 10.6 Å². The van der Waals surface area contributed by atoms with Crippen LogP contribution in [0, 0.1) is 5.92 Å². The normalized spacial score (nSPS) is 21.8. The number of fused-ring (bicyclic) bond motifs is 3. The van der Waals surface area contributed by atoms with Gasteiger partial charge in [0, 0.05) is 29.9 Å². The van der Waals surface area contributed by atoms with E-state index in [1.165, 1.54) is 35.7 Å². The third-order valence-electron chi connectivity index (χ3n) is 5.99. The van der Waals surface area contributed by atoms with Gasteiger partial charge in [-0.2, -0.15) is 0 Å². The number of anilines is 1. The fourth-order valence-corrected chi connectivity index (χ4v) is 5.48. The summed E-state index contributed by atoms with van der Waals surface area (Å²) >= 11 is 0. The molecule has 1 aromatic heterocycles. The summed E-state index contributed by atoms with van der Waals surface area (Å²) in [5.74, 6) is 0.717. The molecule has 0 radical (unpaired) electrons. The summed E-state index contributed by atoms with van der Waals surface area (Å²) in [6, 6.07) is 17.8. The van der Waals surface area contributed by atoms with Gasteiger partial charge < -0.3 is 5.32 Å². The molecular weight excluding hydrogens is 398 g/mol. The molecule has 152 valence electrons. The molecule has 2 aliphatic carbocycles. The van der Waals surface area contributed by atoms with Crippen LogP contribution in [-0.4, -0.2) is 25.4 Å². The number of hydrogen-bond donors (Lipinski definition) is 2. The van der Waals surface area contributed by atoms with Crippen LogP contribution in [-0.2, 0) is 16.4 Å². The Labute approximate surface area is 175 Å². The first-order valence-electron chi connectivity index (χ1n) is 9.94. The maximum absolute atomic E-state index is 12.7. The van der Waals surface area contributed by atoms with Gasteiger partial charge in [0.2, 0.25) is 0 Å². The number of sulfonamides is 1. The first kappa shape index (κ1) is 18.8. The van der Waals surface area contributed by atoms with Crippen molar-refractivity contribution in [3.63, 3.8) is 0 Å². The Hall–Kier alpha value is -3.19. The van der Waals surface area contributed by atoms with E-state index in [0.29, 0.717) is 23.1 Å². The average molecular weight is 420 g/mol. The number of rotatable bonds is 5. The lowest BCUT2D eigenvalue weighted by atomic mass is 9.92. The Morgan fingerprint density at radius 2 is 1.70 bits per heavy atom. The van der Waals surface area contributed by atoms with E-state index in [0.717, 1.165) is 12.8 Å². The second-order valence-electron chi connectivity index (χ2n) is 7.79. The molecule has 0 unspecified atom stereocenters. The van der Waals surface area contributed by atoms with Gasteiger partial charge in [0.1, 0.15) is 0 Å². The van der Waals surface area contributed by atoms with Crippen LogP contribution in [0.2, 0.25) is 0 Å². The van der Waals surface area contributed by atoms with Gasteiger partial charge in [-0.05, 0) is 66.3 Å². The Kier molecular flexibility index (Phi) is 4.55. The topological polar surface area (TPSA) is 88.2 Å². The van der Waals surface area contributed by atoms with Gasteiger partial charge in [0.15, 0.2) is 0 Å². The number of carbonyl (C=O) groups excluding carboxylic acids is 1. The number of nitrogens with one attached hydrogen (secondary N) is 2. The number of pyridine rings is 1. The van der Waals surface area contributed by atoms with Gasteiger partial charge in [-0.1, -0.05) is 24.3 Å². The van der Waals surface area contributed by atoms with Crippen LogP contribution in [0.25, 0.3) is 0 Å². The quantitative estimate of drug-likeness (QED) is 0.664. The smallest absolute Gasteiger partial charge is 0.261 e. The molecule has 1 fully saturated rings. The van der Waals surface area contributed by atoms with Gasteiger partial charge in [-0.3, -0.25) is 14.5 Å². The van der Waals surface area contributed by atoms with Gasteiger partial charge >= 0.3 is 0 Å². The molecule has 0 aliphatic heterocycles. The lowest BCUT2D eigenvalue weighted by Gasteiger charge is -2.13. The highest BCUT2D eigenvalue weighted by Gasteiger charge is 2.53. The summed E-state index contributed by atoms with van der Waals surface area (Å²) in [5.41, 5.74) is 3.62. The summed E-state index contributed by atoms with van der Waals surface area (Å²) in [6.07, 6.45) is 5.17. The molecule has 7 heteroatoms. The van der Waals surface area contributed by atoms with Crippen molar-refractivity contribution in [3.8, 4) is 0 Å². The minimum atomic E-state index is -3.73. The molecule has 0 saturated heterocycles. The molecule has 1 saturated carbocycles. The Morgan fingerprint density at radius 3 is 2.47 bits per heavy atom. The zero-order valence-corrected chi connectivity index (χ0v) is 17.0. The molecular formula is C23H21N3O3S. The van der Waals surface area contributed by atoms with E-state index in [1.807, 2.05) is 0 Å². The number of amides is 1. The van der Waals surface area contributed by atoms with Crippen molar-refractivity contribution in [3.05, 3.63) is 89.7 Å². The monoisotopic (exact) mass is 419 g/mol. The molecule has 6 nitrogen and oxygen atoms in total. The lowest BCUT2D eigenvalue weighted by molar-refractivity contribution is 0.0948. The van der Waals surface area contributed by atoms with Crippen molar-refractivity contribution in [1.29, 1.82) is 0 Å².